The van der Waals surface area contributed by atoms with Crippen molar-refractivity contribution in [2.45, 2.75) is 32.8 Å². The second-order valence-electron chi connectivity index (χ2n) is 8.60. The lowest BCUT2D eigenvalue weighted by Crippen LogP contribution is -2.39. The van der Waals surface area contributed by atoms with Crippen LogP contribution in [0.15, 0.2) is 29.7 Å². The average molecular weight is 493 g/mol. The van der Waals surface area contributed by atoms with Gasteiger partial charge < -0.3 is 19.7 Å². The van der Waals surface area contributed by atoms with E-state index in [-0.39, 0.29) is 11.8 Å². The summed E-state index contributed by atoms with van der Waals surface area (Å²) in [5, 5.41) is 12.7. The normalized spacial score (nSPS) is 14.5. The number of carbonyl (C=O) groups excluding carboxylic acids is 1. The highest BCUT2D eigenvalue weighted by Gasteiger charge is 2.27. The first-order chi connectivity index (χ1) is 15.0. The number of carboxylic acids is 1. The van der Waals surface area contributed by atoms with E-state index in [9.17, 15) is 14.7 Å². The predicted molar refractivity (Wildman–Crippen MR) is 129 cm³/mol. The molecule has 0 bridgehead atoms. The van der Waals surface area contributed by atoms with Gasteiger partial charge in [0.1, 0.15) is 11.3 Å². The van der Waals surface area contributed by atoms with Gasteiger partial charge in [-0.3, -0.25) is 0 Å². The molecule has 0 atom stereocenters. The van der Waals surface area contributed by atoms with Crippen molar-refractivity contribution < 1.29 is 19.4 Å². The lowest BCUT2D eigenvalue weighted by Gasteiger charge is -2.29. The van der Waals surface area contributed by atoms with Crippen LogP contribution < -0.4 is 0 Å². The lowest BCUT2D eigenvalue weighted by atomic mass is 10.0. The van der Waals surface area contributed by atoms with Crippen LogP contribution in [-0.2, 0) is 4.74 Å². The van der Waals surface area contributed by atoms with Crippen LogP contribution in [0.2, 0.25) is 10.0 Å². The monoisotopic (exact) mass is 492 g/mol. The zero-order chi connectivity index (χ0) is 23.2. The van der Waals surface area contributed by atoms with Gasteiger partial charge >= 0.3 is 12.1 Å². The van der Waals surface area contributed by atoms with E-state index in [4.69, 9.17) is 27.9 Å². The summed E-state index contributed by atoms with van der Waals surface area (Å²) in [6.45, 7) is 6.49. The standard InChI is InChI=1S/C23H22Cl2N2O4S/c1-23(2,3)31-22(30)27-6-4-12(5-7-27)16-11-32-20-17(19(21(28)29)26-18(16)20)13-8-14(24)10-15(25)9-13/h4,8-11,26H,5-7H2,1-3H3,(H,28,29). The zero-order valence-corrected chi connectivity index (χ0v) is 20.1. The van der Waals surface area contributed by atoms with E-state index in [2.05, 4.69) is 4.98 Å². The van der Waals surface area contributed by atoms with Gasteiger partial charge in [-0.25, -0.2) is 9.59 Å². The molecular weight excluding hydrogens is 471 g/mol. The molecule has 3 heterocycles. The zero-order valence-electron chi connectivity index (χ0n) is 17.8. The lowest BCUT2D eigenvalue weighted by molar-refractivity contribution is 0.0270. The van der Waals surface area contributed by atoms with Gasteiger partial charge in [0.2, 0.25) is 0 Å². The third-order valence-electron chi connectivity index (χ3n) is 5.09. The first-order valence-corrected chi connectivity index (χ1v) is 11.7. The summed E-state index contributed by atoms with van der Waals surface area (Å²) in [5.74, 6) is -1.06. The molecule has 1 aromatic carbocycles. The van der Waals surface area contributed by atoms with Crippen LogP contribution in [-0.4, -0.2) is 45.7 Å². The van der Waals surface area contributed by atoms with E-state index < -0.39 is 11.6 Å². The fraction of sp³-hybridized carbons (Fsp3) is 0.304. The summed E-state index contributed by atoms with van der Waals surface area (Å²) in [6.07, 6.45) is 2.30. The fourth-order valence-electron chi connectivity index (χ4n) is 3.74. The Morgan fingerprint density at radius 2 is 1.88 bits per heavy atom. The van der Waals surface area contributed by atoms with Gasteiger partial charge in [0.15, 0.2) is 0 Å². The van der Waals surface area contributed by atoms with Crippen molar-refractivity contribution in [2.24, 2.45) is 0 Å². The van der Waals surface area contributed by atoms with E-state index in [1.165, 1.54) is 11.3 Å². The number of aromatic carboxylic acids is 1. The van der Waals surface area contributed by atoms with Crippen LogP contribution >= 0.6 is 34.5 Å². The molecule has 1 aliphatic heterocycles. The number of aromatic nitrogens is 1. The van der Waals surface area contributed by atoms with Crippen LogP contribution in [0, 0.1) is 0 Å². The van der Waals surface area contributed by atoms with Crippen molar-refractivity contribution in [3.05, 3.63) is 51.0 Å². The number of carbonyl (C=O) groups is 2. The molecule has 2 N–H and O–H groups in total. The van der Waals surface area contributed by atoms with Crippen LogP contribution in [0.4, 0.5) is 4.79 Å². The minimum Gasteiger partial charge on any atom is -0.477 e. The van der Waals surface area contributed by atoms with Gasteiger partial charge in [-0.1, -0.05) is 29.3 Å². The maximum absolute atomic E-state index is 12.3. The Morgan fingerprint density at radius 1 is 1.19 bits per heavy atom. The van der Waals surface area contributed by atoms with Crippen LogP contribution in [0.25, 0.3) is 26.9 Å². The third kappa shape index (κ3) is 4.51. The largest absolute Gasteiger partial charge is 0.477 e. The smallest absolute Gasteiger partial charge is 0.410 e. The van der Waals surface area contributed by atoms with Crippen molar-refractivity contribution in [1.82, 2.24) is 9.88 Å². The van der Waals surface area contributed by atoms with Crippen molar-refractivity contribution >= 4 is 62.4 Å². The van der Waals surface area contributed by atoms with E-state index in [1.807, 2.05) is 32.2 Å². The molecule has 0 saturated heterocycles. The van der Waals surface area contributed by atoms with Gasteiger partial charge in [-0.05, 0) is 56.5 Å². The number of amides is 1. The molecule has 0 fully saturated rings. The van der Waals surface area contributed by atoms with E-state index in [0.717, 1.165) is 21.4 Å². The number of carboxylic acid groups (broad SMARTS) is 1. The molecule has 168 valence electrons. The number of hydrogen-bond donors (Lipinski definition) is 2. The molecule has 1 aliphatic rings. The molecular formula is C23H22Cl2N2O4S. The molecule has 0 aliphatic carbocycles. The molecule has 3 aromatic rings. The van der Waals surface area contributed by atoms with Gasteiger partial charge in [-0.2, -0.15) is 0 Å². The Labute approximate surface area is 199 Å². The number of rotatable bonds is 3. The molecule has 0 radical (unpaired) electrons. The second-order valence-corrected chi connectivity index (χ2v) is 10.4. The maximum Gasteiger partial charge on any atom is 0.410 e. The highest BCUT2D eigenvalue weighted by molar-refractivity contribution is 7.18. The van der Waals surface area contributed by atoms with E-state index in [0.29, 0.717) is 40.7 Å². The molecule has 6 nitrogen and oxygen atoms in total. The number of hydrogen-bond acceptors (Lipinski definition) is 4. The summed E-state index contributed by atoms with van der Waals surface area (Å²) >= 11 is 13.8. The van der Waals surface area contributed by atoms with Crippen LogP contribution in [0.5, 0.6) is 0 Å². The average Bonchev–Trinajstić information content (AvgIpc) is 3.25. The molecule has 2 aromatic heterocycles. The van der Waals surface area contributed by atoms with Crippen LogP contribution in [0.3, 0.4) is 0 Å². The second kappa shape index (κ2) is 8.46. The molecule has 0 unspecified atom stereocenters. The van der Waals surface area contributed by atoms with Gasteiger partial charge in [-0.15, -0.1) is 11.3 Å². The number of ether oxygens (including phenoxy) is 1. The first kappa shape index (κ1) is 22.7. The maximum atomic E-state index is 12.3. The minimum absolute atomic E-state index is 0.0956. The molecule has 0 saturated carbocycles. The molecule has 9 heteroatoms. The Hall–Kier alpha value is -2.48. The number of nitrogens with zero attached hydrogens (tertiary/aromatic N) is 1. The summed E-state index contributed by atoms with van der Waals surface area (Å²) in [7, 11) is 0. The fourth-order valence-corrected chi connectivity index (χ4v) is 5.39. The van der Waals surface area contributed by atoms with E-state index >= 15 is 0 Å². The number of H-pyrrole nitrogens is 1. The van der Waals surface area contributed by atoms with Crippen molar-refractivity contribution in [3.8, 4) is 11.1 Å². The quantitative estimate of drug-likeness (QED) is 0.415. The van der Waals surface area contributed by atoms with Crippen molar-refractivity contribution in [3.63, 3.8) is 0 Å². The number of thiophene rings is 1. The topological polar surface area (TPSA) is 82.6 Å². The molecule has 0 spiro atoms. The highest BCUT2D eigenvalue weighted by Crippen LogP contribution is 2.42. The Bertz CT molecular complexity index is 1230. The van der Waals surface area contributed by atoms with Gasteiger partial charge in [0.25, 0.3) is 0 Å². The summed E-state index contributed by atoms with van der Waals surface area (Å²) < 4.78 is 6.28. The summed E-state index contributed by atoms with van der Waals surface area (Å²) in [5.41, 5.74) is 3.53. The predicted octanol–water partition coefficient (Wildman–Crippen LogP) is 6.93. The number of benzene rings is 1. The Kier molecular flexibility index (Phi) is 6.00. The SMILES string of the molecule is CC(C)(C)OC(=O)N1CC=C(c2csc3c(-c4cc(Cl)cc(Cl)c4)c(C(=O)O)[nH]c23)CC1. The molecule has 32 heavy (non-hydrogen) atoms. The van der Waals surface area contributed by atoms with Crippen molar-refractivity contribution in [1.29, 1.82) is 0 Å². The summed E-state index contributed by atoms with van der Waals surface area (Å²) in [4.78, 5) is 29.1. The highest BCUT2D eigenvalue weighted by atomic mass is 35.5. The molecule has 4 rings (SSSR count). The number of nitrogens with one attached hydrogen (secondary N) is 1. The Morgan fingerprint density at radius 3 is 2.44 bits per heavy atom. The van der Waals surface area contributed by atoms with E-state index in [1.54, 1.807) is 23.1 Å². The third-order valence-corrected chi connectivity index (χ3v) is 6.52. The number of aromatic amines is 1. The number of fused-ring (bicyclic) bond motifs is 1. The van der Waals surface area contributed by atoms with Crippen LogP contribution in [0.1, 0.15) is 43.2 Å². The van der Waals surface area contributed by atoms with Crippen molar-refractivity contribution in [2.75, 3.05) is 13.1 Å². The Balaban J connectivity index is 1.70. The molecule has 1 amide bonds. The first-order valence-electron chi connectivity index (χ1n) is 10.0. The minimum atomic E-state index is -1.06. The van der Waals surface area contributed by atoms with Gasteiger partial charge in [0, 0.05) is 39.6 Å². The summed E-state index contributed by atoms with van der Waals surface area (Å²) in [6, 6.07) is 5.03. The van der Waals surface area contributed by atoms with Gasteiger partial charge in [0.05, 0.1) is 10.2 Å². The number of halogens is 2.